The Morgan fingerprint density at radius 2 is 1.70 bits per heavy atom. The van der Waals surface area contributed by atoms with Crippen molar-refractivity contribution in [2.24, 2.45) is 11.7 Å². The maximum Gasteiger partial charge on any atom is 0.418 e. The number of rotatable bonds is 22. The van der Waals surface area contributed by atoms with Gasteiger partial charge < -0.3 is 75.1 Å². The molecule has 0 aliphatic carbocycles. The molecule has 6 amide bonds. The molecule has 3 saturated heterocycles. The zero-order chi connectivity index (χ0) is 63.0. The largest absolute Gasteiger partial charge is 0.491 e. The lowest BCUT2D eigenvalue weighted by molar-refractivity contribution is -0.145. The molecule has 26 heteroatoms. The Morgan fingerprint density at radius 1 is 0.977 bits per heavy atom. The second-order valence-corrected chi connectivity index (χ2v) is 26.1. The van der Waals surface area contributed by atoms with Gasteiger partial charge in [-0.3, -0.25) is 28.8 Å². The number of carbonyl (C=O) groups is 7. The van der Waals surface area contributed by atoms with E-state index in [1.165, 1.54) is 46.6 Å². The molecule has 3 aliphatic heterocycles. The minimum Gasteiger partial charge on any atom is -0.491 e. The van der Waals surface area contributed by atoms with Crippen LogP contribution in [0.4, 0.5) is 0 Å². The number of likely N-dealkylation sites (tertiary alicyclic amines) is 1. The number of H-pyrrole nitrogens is 1. The number of aliphatic hydroxyl groups is 1. The molecule has 0 saturated carbocycles. The monoisotopic (exact) mass is 1230 g/mol. The van der Waals surface area contributed by atoms with Crippen molar-refractivity contribution < 1.29 is 71.2 Å². The maximum absolute atomic E-state index is 14.5. The smallest absolute Gasteiger partial charge is 0.418 e. The molecule has 3 fully saturated rings. The summed E-state index contributed by atoms with van der Waals surface area (Å²) in [4.78, 5) is 115. The number of hydrogen-bond acceptors (Lipinski definition) is 15. The lowest BCUT2D eigenvalue weighted by Gasteiger charge is -2.38. The highest BCUT2D eigenvalue weighted by molar-refractivity contribution is 8.45. The van der Waals surface area contributed by atoms with E-state index < -0.39 is 77.0 Å². The summed E-state index contributed by atoms with van der Waals surface area (Å²) in [6.07, 6.45) is 7.69. The number of aromatic nitrogens is 2. The number of hydrogen-bond donors (Lipinski definition) is 8. The Morgan fingerprint density at radius 3 is 2.34 bits per heavy atom. The van der Waals surface area contributed by atoms with Crippen molar-refractivity contribution in [1.29, 1.82) is 0 Å². The van der Waals surface area contributed by atoms with Gasteiger partial charge >= 0.3 is 6.80 Å². The van der Waals surface area contributed by atoms with Gasteiger partial charge in [-0.2, -0.15) is 0 Å². The molecule has 86 heavy (non-hydrogen) atoms. The van der Waals surface area contributed by atoms with Gasteiger partial charge in [-0.1, -0.05) is 44.0 Å². The Hall–Kier alpha value is -7.72. The molecule has 5 heterocycles. The SMILES string of the molecule is C#Cc1ccc([C@H](C)NC)cc1.C=O.CC(=O)N1CC[C@H]2CCC(C(=O)NC(CCC(N)=O)COc3cccc(CCCOc4cc(C(C(=O)N5CCC(O)C5)C(C)C)on4)c3C)N2C(=O)C(NC(=O)c2cc3cc(S(=O)P(=O)(O)O)ccc3[nH]2)C1. The van der Waals surface area contributed by atoms with Crippen LogP contribution >= 0.6 is 6.80 Å². The minimum atomic E-state index is -4.96. The highest BCUT2D eigenvalue weighted by Gasteiger charge is 2.46. The summed E-state index contributed by atoms with van der Waals surface area (Å²) in [6, 6.07) is 17.7. The summed E-state index contributed by atoms with van der Waals surface area (Å²) in [5.74, 6) is 0.395. The molecule has 0 radical (unpaired) electrons. The normalized spacial score (nSPS) is 19.0. The number of nitrogens with one attached hydrogen (secondary N) is 4. The van der Waals surface area contributed by atoms with E-state index in [1.807, 2.05) is 58.9 Å². The van der Waals surface area contributed by atoms with Crippen LogP contribution in [0, 0.1) is 25.2 Å². The number of benzene rings is 3. The van der Waals surface area contributed by atoms with Crippen molar-refractivity contribution in [3.8, 4) is 24.0 Å². The highest BCUT2D eigenvalue weighted by atomic mass is 32.8. The van der Waals surface area contributed by atoms with Gasteiger partial charge in [0.25, 0.3) is 11.8 Å². The Labute approximate surface area is 502 Å². The van der Waals surface area contributed by atoms with Crippen molar-refractivity contribution in [3.63, 3.8) is 0 Å². The number of ether oxygens (including phenoxy) is 2. The Balaban J connectivity index is 0.000000747. The summed E-state index contributed by atoms with van der Waals surface area (Å²) in [5.41, 5.74) is 9.95. The van der Waals surface area contributed by atoms with Crippen molar-refractivity contribution in [2.75, 3.05) is 46.4 Å². The summed E-state index contributed by atoms with van der Waals surface area (Å²) < 4.78 is 41.7. The summed E-state index contributed by atoms with van der Waals surface area (Å²) in [5, 5.41) is 23.2. The predicted octanol–water partition coefficient (Wildman–Crippen LogP) is 4.31. The van der Waals surface area contributed by atoms with Crippen LogP contribution in [0.15, 0.2) is 82.2 Å². The average Bonchev–Trinajstić information content (AvgIpc) is 2.39. The second kappa shape index (κ2) is 31.1. The molecule has 0 spiro atoms. The number of nitrogens with two attached hydrogens (primary N) is 1. The van der Waals surface area contributed by atoms with E-state index in [1.54, 1.807) is 17.0 Å². The van der Waals surface area contributed by atoms with E-state index in [-0.39, 0.29) is 73.2 Å². The number of β-amino-alcohol motifs (C(OH)–C–C–N with tert-alkyl or cyclic N) is 1. The molecule has 5 aromatic rings. The number of amides is 6. The number of fused-ring (bicyclic) bond motifs is 2. The zero-order valence-electron chi connectivity index (χ0n) is 49.2. The molecule has 6 unspecified atom stereocenters. The van der Waals surface area contributed by atoms with Gasteiger partial charge in [0.05, 0.1) is 23.6 Å². The molecule has 464 valence electrons. The average molecular weight is 1230 g/mol. The van der Waals surface area contributed by atoms with Crippen LogP contribution in [0.5, 0.6) is 11.6 Å². The fourth-order valence-corrected chi connectivity index (χ4v) is 12.5. The number of terminal acetylenes is 1. The van der Waals surface area contributed by atoms with Crippen molar-refractivity contribution in [2.45, 2.75) is 133 Å². The molecular formula is C60H78N9O15PS. The first-order valence-corrected chi connectivity index (χ1v) is 31.7. The number of nitrogens with zero attached hydrogens (tertiary/aromatic N) is 4. The molecule has 9 N–H and O–H groups in total. The van der Waals surface area contributed by atoms with Crippen LogP contribution in [0.25, 0.3) is 10.9 Å². The molecule has 3 aliphatic rings. The van der Waals surface area contributed by atoms with Crippen LogP contribution < -0.4 is 31.2 Å². The van der Waals surface area contributed by atoms with Crippen LogP contribution in [0.3, 0.4) is 0 Å². The van der Waals surface area contributed by atoms with Crippen LogP contribution in [0.1, 0.15) is 123 Å². The third kappa shape index (κ3) is 17.7. The third-order valence-corrected chi connectivity index (χ3v) is 18.5. The summed E-state index contributed by atoms with van der Waals surface area (Å²) in [7, 11) is -0.689. The quantitative estimate of drug-likeness (QED) is 0.0272. The van der Waals surface area contributed by atoms with Crippen LogP contribution in [0.2, 0.25) is 0 Å². The van der Waals surface area contributed by atoms with E-state index in [9.17, 15) is 52.4 Å². The predicted molar refractivity (Wildman–Crippen MR) is 320 cm³/mol. The maximum atomic E-state index is 14.5. The minimum absolute atomic E-state index is 0.0166. The lowest BCUT2D eigenvalue weighted by atomic mass is 9.92. The topological polar surface area (TPSA) is 346 Å². The van der Waals surface area contributed by atoms with E-state index >= 15 is 0 Å². The first-order chi connectivity index (χ1) is 40.9. The fraction of sp³-hybridized carbons (Fsp3) is 0.467. The first-order valence-electron chi connectivity index (χ1n) is 28.3. The van der Waals surface area contributed by atoms with Gasteiger partial charge in [0, 0.05) is 74.1 Å². The number of primary amides is 1. The molecule has 24 nitrogen and oxygen atoms in total. The van der Waals surface area contributed by atoms with E-state index in [2.05, 4.69) is 51.1 Å². The molecule has 8 atom stereocenters. The number of aromatic amines is 1. The summed E-state index contributed by atoms with van der Waals surface area (Å²) >= 11 is 0. The van der Waals surface area contributed by atoms with E-state index in [4.69, 9.17) is 30.9 Å². The third-order valence-electron chi connectivity index (χ3n) is 15.5. The second-order valence-electron chi connectivity index (χ2n) is 21.8. The van der Waals surface area contributed by atoms with Crippen molar-refractivity contribution >= 4 is 70.4 Å². The molecule has 8 rings (SSSR count). The number of aliphatic hydroxyl groups excluding tert-OH is 1. The van der Waals surface area contributed by atoms with Crippen molar-refractivity contribution in [1.82, 2.24) is 40.8 Å². The van der Waals surface area contributed by atoms with Crippen LogP contribution in [-0.4, -0.2) is 163 Å². The van der Waals surface area contributed by atoms with Crippen LogP contribution in [-0.2, 0) is 50.2 Å². The zero-order valence-corrected chi connectivity index (χ0v) is 50.9. The van der Waals surface area contributed by atoms with Gasteiger partial charge in [-0.15, -0.1) is 6.42 Å². The first kappa shape index (κ1) is 67.4. The van der Waals surface area contributed by atoms with Gasteiger partial charge in [0.1, 0.15) is 42.8 Å². The van der Waals surface area contributed by atoms with Gasteiger partial charge in [0.2, 0.25) is 29.5 Å². The molecule has 3 aromatic carbocycles. The highest BCUT2D eigenvalue weighted by Crippen LogP contribution is 2.44. The Bertz CT molecular complexity index is 3310. The fourth-order valence-electron chi connectivity index (χ4n) is 10.7. The lowest BCUT2D eigenvalue weighted by Crippen LogP contribution is -2.61. The number of aryl methyl sites for hydroxylation is 1. The van der Waals surface area contributed by atoms with Gasteiger partial charge in [-0.05, 0) is 136 Å². The van der Waals surface area contributed by atoms with E-state index in [0.717, 1.165) is 16.7 Å². The van der Waals surface area contributed by atoms with Crippen molar-refractivity contribution in [3.05, 3.63) is 107 Å². The molecule has 2 aromatic heterocycles. The Kier molecular flexibility index (Phi) is 24.4. The standard InChI is InChI=1S/C48H63N8O14PS.C11H13N.CH2O/c1-27(2)44(48(63)55-19-17-34(58)24-55)41-23-43(53-70-41)68-20-6-8-30-7-5-9-40(28(30)3)69-26-32(10-15-42(49)59)50-46(61)39-14-11-33-16-18-54(29(4)57)25-38(47(62)56(33)39)52-45(60)37-22-31-21-35(12-13-36(31)51-37)72(67)71(64,65)66;1-4-10-5-7-11(8-6-10)9(2)12-3;1-2/h5,7,9,12-13,21-23,27,32-34,38-39,44,51,58H,6,8,10-11,14-20,24-26H2,1-4H3,(H2,49,59)(H,50,61)(H,52,60)(H2,64,65,66);1,5-9,12H,2-3H3;1H2/t32?,33-,34?,38?,39?,44?,72?;9-;/m10./s1. The molecule has 0 bridgehead atoms. The molecular weight excluding hydrogens is 1150 g/mol. The van der Waals surface area contributed by atoms with E-state index in [0.29, 0.717) is 80.3 Å². The van der Waals surface area contributed by atoms with Gasteiger partial charge in [0.15, 0.2) is 16.2 Å². The summed E-state index contributed by atoms with van der Waals surface area (Å²) in [6.45, 7) is 7.42. The number of carbonyl (C=O) groups excluding carboxylic acids is 7. The van der Waals surface area contributed by atoms with Gasteiger partial charge in [-0.25, -0.2) is 8.77 Å².